The Labute approximate surface area is 93.2 Å². The molecule has 0 unspecified atom stereocenters. The summed E-state index contributed by atoms with van der Waals surface area (Å²) in [6.07, 6.45) is 6.74. The summed E-state index contributed by atoms with van der Waals surface area (Å²) in [7, 11) is 0. The molecule has 0 aromatic carbocycles. The highest BCUT2D eigenvalue weighted by molar-refractivity contribution is 5.58. The fourth-order valence-electron chi connectivity index (χ4n) is 1.22. The van der Waals surface area contributed by atoms with Crippen LogP contribution < -0.4 is 16.2 Å². The lowest BCUT2D eigenvalue weighted by Gasteiger charge is -1.99. The first-order chi connectivity index (χ1) is 7.15. The van der Waals surface area contributed by atoms with Gasteiger partial charge in [-0.3, -0.25) is 0 Å². The van der Waals surface area contributed by atoms with E-state index in [9.17, 15) is 0 Å². The molecule has 0 atom stereocenters. The van der Waals surface area contributed by atoms with Gasteiger partial charge in [0.15, 0.2) is 0 Å². The van der Waals surface area contributed by atoms with E-state index in [0.29, 0.717) is 0 Å². The van der Waals surface area contributed by atoms with Crippen molar-refractivity contribution in [3.63, 3.8) is 0 Å². The van der Waals surface area contributed by atoms with Gasteiger partial charge in [0, 0.05) is 0 Å². The molecule has 0 aliphatic carbocycles. The Morgan fingerprint density at radius 2 is 1.40 bits per heavy atom. The molecule has 15 heavy (non-hydrogen) atoms. The van der Waals surface area contributed by atoms with Crippen LogP contribution in [0.4, 0.5) is 4.79 Å². The van der Waals surface area contributed by atoms with E-state index in [1.54, 1.807) is 0 Å². The standard InChI is InChI=1S/C10H23N.CH3NO2/c1-3-5-7-9-11-10-8-6-4-2;2-1(3)4/h11H,3-10H2,1-2H3;2H2,(H,3,4). The van der Waals surface area contributed by atoms with Crippen LogP contribution in [0.1, 0.15) is 52.4 Å². The number of carbonyl (C=O) groups excluding carboxylic acids is 1. The molecular formula is C11H26N2O2. The first-order valence-electron chi connectivity index (χ1n) is 5.93. The molecule has 0 spiro atoms. The van der Waals surface area contributed by atoms with Crippen molar-refractivity contribution in [2.75, 3.05) is 13.1 Å². The van der Waals surface area contributed by atoms with Crippen molar-refractivity contribution < 1.29 is 15.2 Å². The number of carbonyl (C=O) groups is 1. The number of nitrogens with two attached hydrogens (primary N) is 2. The quantitative estimate of drug-likeness (QED) is 0.571. The largest absolute Gasteiger partial charge is 0.530 e. The Kier molecular flexibility index (Phi) is 17.4. The molecule has 0 rings (SSSR count). The number of amides is 1. The molecule has 4 nitrogen and oxygen atoms in total. The van der Waals surface area contributed by atoms with Crippen LogP contribution in [0.25, 0.3) is 0 Å². The molecule has 0 aromatic rings. The molecule has 0 radical (unpaired) electrons. The van der Waals surface area contributed by atoms with Gasteiger partial charge in [-0.15, -0.1) is 0 Å². The number of hydrogen-bond donors (Lipinski definition) is 2. The van der Waals surface area contributed by atoms with Gasteiger partial charge in [-0.1, -0.05) is 26.7 Å². The minimum absolute atomic E-state index is 1.34. The summed E-state index contributed by atoms with van der Waals surface area (Å²) < 4.78 is 0. The van der Waals surface area contributed by atoms with E-state index >= 15 is 0 Å². The second-order valence-electron chi connectivity index (χ2n) is 3.60. The van der Waals surface area contributed by atoms with Crippen molar-refractivity contribution in [1.29, 1.82) is 0 Å². The SMILES string of the molecule is CCCCC[NH2+]CCCCC.NC(=O)[O-]. The molecule has 0 heterocycles. The number of carboxylic acid groups (broad SMARTS) is 1. The predicted octanol–water partition coefficient (Wildman–Crippen LogP) is 0.219. The highest BCUT2D eigenvalue weighted by Gasteiger charge is 1.90. The van der Waals surface area contributed by atoms with E-state index < -0.39 is 6.09 Å². The summed E-state index contributed by atoms with van der Waals surface area (Å²) in [5.74, 6) is 0. The summed E-state index contributed by atoms with van der Waals surface area (Å²) in [6, 6.07) is 0. The van der Waals surface area contributed by atoms with Gasteiger partial charge in [0.05, 0.1) is 13.1 Å². The van der Waals surface area contributed by atoms with Gasteiger partial charge in [0.25, 0.3) is 0 Å². The third-order valence-corrected chi connectivity index (χ3v) is 2.02. The minimum atomic E-state index is -1.58. The van der Waals surface area contributed by atoms with Gasteiger partial charge in [-0.05, 0) is 25.7 Å². The number of quaternary nitrogens is 1. The van der Waals surface area contributed by atoms with Crippen molar-refractivity contribution in [2.24, 2.45) is 5.73 Å². The number of hydrogen-bond acceptors (Lipinski definition) is 2. The zero-order chi connectivity index (χ0) is 11.9. The number of primary amides is 1. The highest BCUT2D eigenvalue weighted by Crippen LogP contribution is 1.90. The molecule has 1 amide bonds. The van der Waals surface area contributed by atoms with Crippen LogP contribution >= 0.6 is 0 Å². The second kappa shape index (κ2) is 15.7. The first kappa shape index (κ1) is 16.7. The Balaban J connectivity index is 0. The van der Waals surface area contributed by atoms with Gasteiger partial charge in [0.2, 0.25) is 0 Å². The molecule has 0 bridgehead atoms. The summed E-state index contributed by atoms with van der Waals surface area (Å²) in [6.45, 7) is 7.21. The van der Waals surface area contributed by atoms with Gasteiger partial charge in [-0.25, -0.2) is 0 Å². The molecule has 0 saturated heterocycles. The third kappa shape index (κ3) is 31.9. The van der Waals surface area contributed by atoms with E-state index in [0.717, 1.165) is 0 Å². The monoisotopic (exact) mass is 218 g/mol. The summed E-state index contributed by atoms with van der Waals surface area (Å²) in [4.78, 5) is 8.67. The zero-order valence-corrected chi connectivity index (χ0v) is 10.1. The fourth-order valence-corrected chi connectivity index (χ4v) is 1.22. The van der Waals surface area contributed by atoms with Gasteiger partial charge >= 0.3 is 0 Å². The molecule has 0 fully saturated rings. The lowest BCUT2D eigenvalue weighted by atomic mass is 10.2. The van der Waals surface area contributed by atoms with Crippen molar-refractivity contribution in [3.8, 4) is 0 Å². The Hall–Kier alpha value is -0.770. The third-order valence-electron chi connectivity index (χ3n) is 2.02. The first-order valence-corrected chi connectivity index (χ1v) is 5.93. The molecule has 0 aliphatic heterocycles. The lowest BCUT2D eigenvalue weighted by Crippen LogP contribution is -2.84. The van der Waals surface area contributed by atoms with Crippen LogP contribution in [-0.4, -0.2) is 19.2 Å². The molecule has 0 saturated carbocycles. The molecule has 0 aliphatic rings. The average molecular weight is 218 g/mol. The topological polar surface area (TPSA) is 82.8 Å². The van der Waals surface area contributed by atoms with Gasteiger partial charge in [-0.2, -0.15) is 0 Å². The summed E-state index contributed by atoms with van der Waals surface area (Å²) in [5.41, 5.74) is 3.92. The van der Waals surface area contributed by atoms with Crippen LogP contribution in [0.15, 0.2) is 0 Å². The van der Waals surface area contributed by atoms with Crippen molar-refractivity contribution >= 4 is 6.09 Å². The summed E-state index contributed by atoms with van der Waals surface area (Å²) in [5, 5.41) is 11.1. The second-order valence-corrected chi connectivity index (χ2v) is 3.60. The smallest absolute Gasteiger partial charge is 0.131 e. The average Bonchev–Trinajstić information content (AvgIpc) is 2.16. The van der Waals surface area contributed by atoms with E-state index in [-0.39, 0.29) is 0 Å². The minimum Gasteiger partial charge on any atom is -0.530 e. The molecule has 4 N–H and O–H groups in total. The molecule has 4 heteroatoms. The molecule has 92 valence electrons. The number of unbranched alkanes of at least 4 members (excludes halogenated alkanes) is 4. The van der Waals surface area contributed by atoms with Crippen molar-refractivity contribution in [1.82, 2.24) is 0 Å². The molecular weight excluding hydrogens is 192 g/mol. The van der Waals surface area contributed by atoms with E-state index in [2.05, 4.69) is 24.9 Å². The molecule has 0 aromatic heterocycles. The van der Waals surface area contributed by atoms with Crippen LogP contribution in [0.2, 0.25) is 0 Å². The van der Waals surface area contributed by atoms with Crippen molar-refractivity contribution in [3.05, 3.63) is 0 Å². The van der Waals surface area contributed by atoms with E-state index in [1.807, 2.05) is 0 Å². The zero-order valence-electron chi connectivity index (χ0n) is 10.1. The Bertz CT molecular complexity index is 118. The summed E-state index contributed by atoms with van der Waals surface area (Å²) >= 11 is 0. The van der Waals surface area contributed by atoms with Crippen LogP contribution in [-0.2, 0) is 0 Å². The highest BCUT2D eigenvalue weighted by atomic mass is 16.4. The van der Waals surface area contributed by atoms with E-state index in [1.165, 1.54) is 51.6 Å². The predicted molar refractivity (Wildman–Crippen MR) is 60.3 cm³/mol. The van der Waals surface area contributed by atoms with Crippen molar-refractivity contribution in [2.45, 2.75) is 52.4 Å². The Morgan fingerprint density at radius 3 is 1.67 bits per heavy atom. The Morgan fingerprint density at radius 1 is 1.07 bits per heavy atom. The number of rotatable bonds is 8. The van der Waals surface area contributed by atoms with Gasteiger partial charge in [0.1, 0.15) is 6.09 Å². The maximum absolute atomic E-state index is 8.67. The fraction of sp³-hybridized carbons (Fsp3) is 0.909. The normalized spacial score (nSPS) is 9.20. The maximum Gasteiger partial charge on any atom is 0.131 e. The van der Waals surface area contributed by atoms with Crippen LogP contribution in [0.5, 0.6) is 0 Å². The van der Waals surface area contributed by atoms with Crippen LogP contribution in [0.3, 0.4) is 0 Å². The maximum atomic E-state index is 8.67. The van der Waals surface area contributed by atoms with E-state index in [4.69, 9.17) is 9.90 Å². The van der Waals surface area contributed by atoms with Crippen LogP contribution in [0, 0.1) is 0 Å². The van der Waals surface area contributed by atoms with Gasteiger partial charge < -0.3 is 21.0 Å². The lowest BCUT2D eigenvalue weighted by molar-refractivity contribution is -0.655.